The van der Waals surface area contributed by atoms with Crippen LogP contribution in [0.4, 0.5) is 15.3 Å². The molecule has 1 aliphatic heterocycles. The number of imide groups is 1. The van der Waals surface area contributed by atoms with E-state index >= 15 is 0 Å². The van der Waals surface area contributed by atoms with E-state index in [1.54, 1.807) is 43.5 Å². The van der Waals surface area contributed by atoms with E-state index in [0.717, 1.165) is 10.6 Å². The lowest BCUT2D eigenvalue weighted by molar-refractivity contribution is -0.145. The number of esters is 1. The molecule has 2 aliphatic rings. The molecule has 4 rings (SSSR count). The summed E-state index contributed by atoms with van der Waals surface area (Å²) in [5.41, 5.74) is 1.56. The Bertz CT molecular complexity index is 1230. The average molecular weight is 540 g/mol. The summed E-state index contributed by atoms with van der Waals surface area (Å²) >= 11 is 6.06. The molecule has 2 aromatic rings. The Labute approximate surface area is 226 Å². The molecule has 3 atom stereocenters. The number of carbonyl (C=O) groups excluding carboxylic acids is 3. The highest BCUT2D eigenvalue weighted by Crippen LogP contribution is 2.26. The number of carbonyl (C=O) groups is 3. The fourth-order valence-corrected chi connectivity index (χ4v) is 4.25. The number of nitrogens with one attached hydrogen (secondary N) is 2. The Kier molecular flexibility index (Phi) is 8.52. The van der Waals surface area contributed by atoms with Crippen molar-refractivity contribution in [1.82, 2.24) is 20.1 Å². The number of rotatable bonds is 9. The van der Waals surface area contributed by atoms with E-state index in [2.05, 4.69) is 15.6 Å². The number of methoxy groups -OCH3 is 1. The summed E-state index contributed by atoms with van der Waals surface area (Å²) in [5, 5.41) is 6.70. The van der Waals surface area contributed by atoms with Crippen LogP contribution >= 0.6 is 11.6 Å². The predicted molar refractivity (Wildman–Crippen MR) is 143 cm³/mol. The van der Waals surface area contributed by atoms with Crippen LogP contribution in [0.2, 0.25) is 0 Å². The maximum atomic E-state index is 13.5. The molecule has 0 bridgehead atoms. The van der Waals surface area contributed by atoms with Crippen molar-refractivity contribution < 1.29 is 23.9 Å². The standard InChI is InChI=1S/C27H30ClN5O5/c1-17(24(34)37-3)15-33-26(35)31-25(32(27(33)36)16-19-5-7-20(28)8-6-19)30-21-9-12-22(13-10-21)38-23-11-4-18(2)29-14-23/h4-5,7-14,17,19,25,30H,6,15-16H2,1-3H3,(H,31,35)/t17-,19?,25?/m0/s1. The SMILES string of the molecule is COC(=O)[C@@H](C)CN1C(=O)NC(Nc2ccc(Oc3ccc(C)nc3)cc2)N(CC2C=CC(Cl)=CC2)C1=O. The van der Waals surface area contributed by atoms with Crippen molar-refractivity contribution in [1.29, 1.82) is 0 Å². The number of benzene rings is 1. The van der Waals surface area contributed by atoms with Crippen LogP contribution in [-0.2, 0) is 9.53 Å². The molecule has 0 radical (unpaired) electrons. The summed E-state index contributed by atoms with van der Waals surface area (Å²) in [6.45, 7) is 3.72. The number of nitrogens with zero attached hydrogens (tertiary/aromatic N) is 3. The van der Waals surface area contributed by atoms with Gasteiger partial charge in [-0.1, -0.05) is 30.7 Å². The van der Waals surface area contributed by atoms with Crippen molar-refractivity contribution in [2.24, 2.45) is 11.8 Å². The number of halogens is 1. The summed E-state index contributed by atoms with van der Waals surface area (Å²) in [5.74, 6) is 0.0497. The molecular weight excluding hydrogens is 510 g/mol. The molecule has 1 aromatic heterocycles. The molecule has 2 N–H and O–H groups in total. The topological polar surface area (TPSA) is 113 Å². The lowest BCUT2D eigenvalue weighted by Crippen LogP contribution is -2.68. The van der Waals surface area contributed by atoms with Gasteiger partial charge in [0.15, 0.2) is 6.29 Å². The number of pyridine rings is 1. The fraction of sp³-hybridized carbons (Fsp3) is 0.333. The van der Waals surface area contributed by atoms with E-state index in [-0.39, 0.29) is 12.5 Å². The zero-order valence-electron chi connectivity index (χ0n) is 21.4. The average Bonchev–Trinajstić information content (AvgIpc) is 2.91. The van der Waals surface area contributed by atoms with Crippen molar-refractivity contribution in [2.75, 3.05) is 25.5 Å². The first-order valence-electron chi connectivity index (χ1n) is 12.2. The molecule has 4 amide bonds. The van der Waals surface area contributed by atoms with Crippen LogP contribution in [0.1, 0.15) is 19.0 Å². The number of anilines is 1. The van der Waals surface area contributed by atoms with Crippen molar-refractivity contribution >= 4 is 35.3 Å². The van der Waals surface area contributed by atoms with Crippen LogP contribution in [0.15, 0.2) is 65.9 Å². The maximum Gasteiger partial charge on any atom is 0.331 e. The Balaban J connectivity index is 1.49. The second-order valence-electron chi connectivity index (χ2n) is 9.17. The minimum atomic E-state index is -0.817. The highest BCUT2D eigenvalue weighted by atomic mass is 35.5. The van der Waals surface area contributed by atoms with Gasteiger partial charge in [0.2, 0.25) is 0 Å². The predicted octanol–water partition coefficient (Wildman–Crippen LogP) is 4.83. The molecule has 10 nitrogen and oxygen atoms in total. The van der Waals surface area contributed by atoms with Gasteiger partial charge in [0.25, 0.3) is 0 Å². The molecule has 1 aromatic carbocycles. The number of ether oxygens (including phenoxy) is 2. The van der Waals surface area contributed by atoms with Crippen LogP contribution in [0, 0.1) is 18.8 Å². The molecule has 2 heterocycles. The molecule has 0 spiro atoms. The molecule has 38 heavy (non-hydrogen) atoms. The molecule has 1 saturated heterocycles. The van der Waals surface area contributed by atoms with Gasteiger partial charge >= 0.3 is 18.0 Å². The van der Waals surface area contributed by atoms with Crippen LogP contribution < -0.4 is 15.4 Å². The first-order chi connectivity index (χ1) is 18.2. The third kappa shape index (κ3) is 6.63. The smallest absolute Gasteiger partial charge is 0.331 e. The summed E-state index contributed by atoms with van der Waals surface area (Å²) in [6, 6.07) is 9.73. The molecule has 0 saturated carbocycles. The third-order valence-corrected chi connectivity index (χ3v) is 6.49. The second kappa shape index (κ2) is 12.0. The normalized spacial score (nSPS) is 19.9. The van der Waals surface area contributed by atoms with Crippen molar-refractivity contribution in [3.8, 4) is 11.5 Å². The van der Waals surface area contributed by atoms with Crippen LogP contribution in [-0.4, -0.2) is 59.3 Å². The number of amides is 4. The van der Waals surface area contributed by atoms with Gasteiger partial charge in [-0.2, -0.15) is 0 Å². The van der Waals surface area contributed by atoms with Gasteiger partial charge in [0.05, 0.1) is 19.2 Å². The van der Waals surface area contributed by atoms with E-state index in [4.69, 9.17) is 21.1 Å². The largest absolute Gasteiger partial charge is 0.469 e. The quantitative estimate of drug-likeness (QED) is 0.439. The second-order valence-corrected chi connectivity index (χ2v) is 9.61. The summed E-state index contributed by atoms with van der Waals surface area (Å²) in [6.07, 6.45) is 7.11. The van der Waals surface area contributed by atoms with Crippen molar-refractivity contribution in [3.05, 3.63) is 71.5 Å². The monoisotopic (exact) mass is 539 g/mol. The lowest BCUT2D eigenvalue weighted by atomic mass is 10.00. The van der Waals surface area contributed by atoms with Gasteiger partial charge in [-0.25, -0.2) is 14.5 Å². The van der Waals surface area contributed by atoms with Crippen LogP contribution in [0.25, 0.3) is 0 Å². The number of allylic oxidation sites excluding steroid dienone is 3. The van der Waals surface area contributed by atoms with E-state index in [9.17, 15) is 14.4 Å². The number of hydrogen-bond donors (Lipinski definition) is 2. The number of aromatic nitrogens is 1. The van der Waals surface area contributed by atoms with E-state index < -0.39 is 30.2 Å². The van der Waals surface area contributed by atoms with E-state index in [1.165, 1.54) is 12.0 Å². The fourth-order valence-electron chi connectivity index (χ4n) is 4.09. The van der Waals surface area contributed by atoms with E-state index in [0.29, 0.717) is 35.2 Å². The van der Waals surface area contributed by atoms with Crippen LogP contribution in [0.3, 0.4) is 0 Å². The lowest BCUT2D eigenvalue weighted by Gasteiger charge is -2.43. The third-order valence-electron chi connectivity index (χ3n) is 6.21. The number of hydrogen-bond acceptors (Lipinski definition) is 7. The van der Waals surface area contributed by atoms with Gasteiger partial charge in [-0.3, -0.25) is 20.0 Å². The molecule has 1 fully saturated rings. The minimum absolute atomic E-state index is 0.000438. The maximum absolute atomic E-state index is 13.5. The Morgan fingerprint density at radius 2 is 1.95 bits per heavy atom. The minimum Gasteiger partial charge on any atom is -0.469 e. The van der Waals surface area contributed by atoms with Gasteiger partial charge in [0, 0.05) is 29.5 Å². The molecular formula is C27H30ClN5O5. The summed E-state index contributed by atoms with van der Waals surface area (Å²) < 4.78 is 10.6. The van der Waals surface area contributed by atoms with Crippen molar-refractivity contribution in [3.63, 3.8) is 0 Å². The van der Waals surface area contributed by atoms with E-state index in [1.807, 2.05) is 31.2 Å². The Morgan fingerprint density at radius 1 is 1.21 bits per heavy atom. The summed E-state index contributed by atoms with van der Waals surface area (Å²) in [4.78, 5) is 45.2. The molecule has 200 valence electrons. The molecule has 1 aliphatic carbocycles. The zero-order chi connectivity index (χ0) is 27.2. The van der Waals surface area contributed by atoms with Gasteiger partial charge in [-0.05, 0) is 61.7 Å². The highest BCUT2D eigenvalue weighted by molar-refractivity contribution is 6.31. The van der Waals surface area contributed by atoms with Gasteiger partial charge in [-0.15, -0.1) is 0 Å². The number of urea groups is 2. The first-order valence-corrected chi connectivity index (χ1v) is 12.6. The van der Waals surface area contributed by atoms with Gasteiger partial charge in [0.1, 0.15) is 11.5 Å². The van der Waals surface area contributed by atoms with Crippen LogP contribution in [0.5, 0.6) is 11.5 Å². The molecule has 11 heteroatoms. The van der Waals surface area contributed by atoms with Crippen molar-refractivity contribution in [2.45, 2.75) is 26.6 Å². The molecule has 2 unspecified atom stereocenters. The van der Waals surface area contributed by atoms with Gasteiger partial charge < -0.3 is 14.8 Å². The first kappa shape index (κ1) is 27.0. The summed E-state index contributed by atoms with van der Waals surface area (Å²) in [7, 11) is 1.27. The zero-order valence-corrected chi connectivity index (χ0v) is 22.1. The Morgan fingerprint density at radius 3 is 2.58 bits per heavy atom. The highest BCUT2D eigenvalue weighted by Gasteiger charge is 2.40. The Hall–Kier alpha value is -4.05. The number of aryl methyl sites for hydroxylation is 1.